The van der Waals surface area contributed by atoms with Gasteiger partial charge in [-0.2, -0.15) is 5.10 Å². The number of hydrogen-bond donors (Lipinski definition) is 1. The Morgan fingerprint density at radius 1 is 1.28 bits per heavy atom. The van der Waals surface area contributed by atoms with Crippen LogP contribution in [0.15, 0.2) is 41.4 Å². The molecule has 0 aliphatic rings. The first-order chi connectivity index (χ1) is 13.7. The monoisotopic (exact) mass is 411 g/mol. The standard InChI is InChI=1S/C22H25N3O3S/c1-6-14(21(26)27)11-16-13-29-20(24-16)18-12-23-25(22(2,3)4)19(18)15-7-9-17(28-5)10-8-15/h7-13H,6H2,1-5H3,(H,26,27)/b14-11+. The van der Waals surface area contributed by atoms with Gasteiger partial charge >= 0.3 is 5.97 Å². The van der Waals surface area contributed by atoms with Crippen molar-refractivity contribution in [2.24, 2.45) is 0 Å². The summed E-state index contributed by atoms with van der Waals surface area (Å²) >= 11 is 1.48. The zero-order chi connectivity index (χ0) is 21.2. The van der Waals surface area contributed by atoms with Gasteiger partial charge in [-0.05, 0) is 57.5 Å². The Labute approximate surface area is 174 Å². The van der Waals surface area contributed by atoms with Gasteiger partial charge in [0.15, 0.2) is 0 Å². The van der Waals surface area contributed by atoms with Crippen LogP contribution < -0.4 is 4.74 Å². The smallest absolute Gasteiger partial charge is 0.331 e. The molecule has 0 amide bonds. The van der Waals surface area contributed by atoms with E-state index >= 15 is 0 Å². The Morgan fingerprint density at radius 3 is 2.52 bits per heavy atom. The first-order valence-electron chi connectivity index (χ1n) is 9.37. The van der Waals surface area contributed by atoms with Gasteiger partial charge in [0.25, 0.3) is 0 Å². The Hall–Kier alpha value is -2.93. The van der Waals surface area contributed by atoms with E-state index in [1.54, 1.807) is 13.2 Å². The van der Waals surface area contributed by atoms with Gasteiger partial charge < -0.3 is 9.84 Å². The molecule has 0 unspecified atom stereocenters. The molecule has 0 fully saturated rings. The zero-order valence-corrected chi connectivity index (χ0v) is 18.1. The predicted molar refractivity (Wildman–Crippen MR) is 116 cm³/mol. The van der Waals surface area contributed by atoms with Crippen LogP contribution >= 0.6 is 11.3 Å². The van der Waals surface area contributed by atoms with Gasteiger partial charge in [-0.25, -0.2) is 9.78 Å². The van der Waals surface area contributed by atoms with E-state index in [4.69, 9.17) is 4.74 Å². The third-order valence-corrected chi connectivity index (χ3v) is 5.39. The topological polar surface area (TPSA) is 77.2 Å². The average molecular weight is 412 g/mol. The molecule has 0 spiro atoms. The molecule has 1 aromatic carbocycles. The minimum Gasteiger partial charge on any atom is -0.497 e. The van der Waals surface area contributed by atoms with Crippen LogP contribution in [-0.4, -0.2) is 33.0 Å². The van der Waals surface area contributed by atoms with Crippen molar-refractivity contribution >= 4 is 23.4 Å². The van der Waals surface area contributed by atoms with Crippen LogP contribution in [0.25, 0.3) is 27.9 Å². The average Bonchev–Trinajstić information content (AvgIpc) is 3.32. The lowest BCUT2D eigenvalue weighted by Crippen LogP contribution is -2.24. The highest BCUT2D eigenvalue weighted by Gasteiger charge is 2.24. The largest absolute Gasteiger partial charge is 0.497 e. The third kappa shape index (κ3) is 4.40. The number of carboxylic acids is 1. The number of nitrogens with zero attached hydrogens (tertiary/aromatic N) is 3. The lowest BCUT2D eigenvalue weighted by molar-refractivity contribution is -0.132. The van der Waals surface area contributed by atoms with E-state index in [1.165, 1.54) is 11.3 Å². The first kappa shape index (κ1) is 20.8. The number of aromatic nitrogens is 3. The Balaban J connectivity index is 2.11. The van der Waals surface area contributed by atoms with E-state index in [9.17, 15) is 9.90 Å². The number of ether oxygens (including phenoxy) is 1. The molecule has 3 aromatic rings. The van der Waals surface area contributed by atoms with Gasteiger partial charge in [0, 0.05) is 16.5 Å². The molecule has 2 heterocycles. The molecule has 0 radical (unpaired) electrons. The quantitative estimate of drug-likeness (QED) is 0.556. The molecule has 0 saturated heterocycles. The lowest BCUT2D eigenvalue weighted by atomic mass is 10.0. The normalized spacial score (nSPS) is 12.2. The maximum Gasteiger partial charge on any atom is 0.331 e. The van der Waals surface area contributed by atoms with Gasteiger partial charge in [0.2, 0.25) is 0 Å². The molecule has 7 heteroatoms. The number of carboxylic acid groups (broad SMARTS) is 1. The maximum absolute atomic E-state index is 11.3. The number of methoxy groups -OCH3 is 1. The molecule has 0 aliphatic heterocycles. The molecule has 29 heavy (non-hydrogen) atoms. The molecule has 152 valence electrons. The number of thiazole rings is 1. The summed E-state index contributed by atoms with van der Waals surface area (Å²) in [6.07, 6.45) is 3.90. The van der Waals surface area contributed by atoms with Crippen LogP contribution in [0.4, 0.5) is 0 Å². The van der Waals surface area contributed by atoms with Gasteiger partial charge in [-0.15, -0.1) is 11.3 Å². The molecule has 0 aliphatic carbocycles. The summed E-state index contributed by atoms with van der Waals surface area (Å²) in [6, 6.07) is 7.87. The second-order valence-corrected chi connectivity index (χ2v) is 8.48. The number of hydrogen-bond acceptors (Lipinski definition) is 5. The van der Waals surface area contributed by atoms with E-state index in [0.29, 0.717) is 17.7 Å². The van der Waals surface area contributed by atoms with Gasteiger partial charge in [0.05, 0.1) is 35.8 Å². The van der Waals surface area contributed by atoms with Crippen LogP contribution in [0.3, 0.4) is 0 Å². The molecule has 0 atom stereocenters. The fraction of sp³-hybridized carbons (Fsp3) is 0.318. The van der Waals surface area contributed by atoms with Crippen LogP contribution in [-0.2, 0) is 10.3 Å². The predicted octanol–water partition coefficient (Wildman–Crippen LogP) is 5.32. The zero-order valence-electron chi connectivity index (χ0n) is 17.3. The highest BCUT2D eigenvalue weighted by atomic mass is 32.1. The van der Waals surface area contributed by atoms with E-state index in [2.05, 4.69) is 30.9 Å². The fourth-order valence-corrected chi connectivity index (χ4v) is 3.80. The van der Waals surface area contributed by atoms with Crippen LogP contribution in [0, 0.1) is 0 Å². The van der Waals surface area contributed by atoms with Crippen molar-refractivity contribution in [1.82, 2.24) is 14.8 Å². The number of rotatable bonds is 6. The molecule has 6 nitrogen and oxygen atoms in total. The summed E-state index contributed by atoms with van der Waals surface area (Å²) in [6.45, 7) is 8.13. The van der Waals surface area contributed by atoms with Crippen LogP contribution in [0.1, 0.15) is 39.8 Å². The second kappa shape index (κ2) is 8.21. The summed E-state index contributed by atoms with van der Waals surface area (Å²) in [4.78, 5) is 16.0. The number of carbonyl (C=O) groups is 1. The van der Waals surface area contributed by atoms with Crippen molar-refractivity contribution in [2.75, 3.05) is 7.11 Å². The molecule has 3 rings (SSSR count). The van der Waals surface area contributed by atoms with Gasteiger partial charge in [-0.1, -0.05) is 6.92 Å². The first-order valence-corrected chi connectivity index (χ1v) is 10.2. The van der Waals surface area contributed by atoms with Crippen molar-refractivity contribution in [2.45, 2.75) is 39.7 Å². The van der Waals surface area contributed by atoms with Crippen molar-refractivity contribution in [3.63, 3.8) is 0 Å². The third-order valence-electron chi connectivity index (χ3n) is 4.50. The van der Waals surface area contributed by atoms with E-state index in [0.717, 1.165) is 27.6 Å². The van der Waals surface area contributed by atoms with E-state index in [1.807, 2.05) is 47.4 Å². The van der Waals surface area contributed by atoms with Crippen LogP contribution in [0.5, 0.6) is 5.75 Å². The van der Waals surface area contributed by atoms with E-state index < -0.39 is 5.97 Å². The molecular formula is C22H25N3O3S. The summed E-state index contributed by atoms with van der Waals surface area (Å²) in [5.41, 5.74) is 3.67. The SMILES string of the molecule is CC/C(=C\c1csc(-c2cnn(C(C)(C)C)c2-c2ccc(OC)cc2)n1)C(=O)O. The maximum atomic E-state index is 11.3. The van der Waals surface area contributed by atoms with Crippen molar-refractivity contribution in [1.29, 1.82) is 0 Å². The van der Waals surface area contributed by atoms with Crippen molar-refractivity contribution < 1.29 is 14.6 Å². The Morgan fingerprint density at radius 2 is 1.97 bits per heavy atom. The molecular weight excluding hydrogens is 386 g/mol. The molecule has 1 N–H and O–H groups in total. The molecule has 0 saturated carbocycles. The number of benzene rings is 1. The van der Waals surface area contributed by atoms with Gasteiger partial charge in [-0.3, -0.25) is 4.68 Å². The van der Waals surface area contributed by atoms with Crippen molar-refractivity contribution in [3.8, 4) is 27.6 Å². The fourth-order valence-electron chi connectivity index (χ4n) is 3.01. The lowest BCUT2D eigenvalue weighted by Gasteiger charge is -2.23. The van der Waals surface area contributed by atoms with Crippen molar-refractivity contribution in [3.05, 3.63) is 47.1 Å². The summed E-state index contributed by atoms with van der Waals surface area (Å²) in [5.74, 6) is -0.124. The van der Waals surface area contributed by atoms with Gasteiger partial charge in [0.1, 0.15) is 10.8 Å². The molecule has 2 aromatic heterocycles. The summed E-state index contributed by atoms with van der Waals surface area (Å²) < 4.78 is 7.28. The van der Waals surface area contributed by atoms with Crippen LogP contribution in [0.2, 0.25) is 0 Å². The van der Waals surface area contributed by atoms with E-state index in [-0.39, 0.29) is 5.54 Å². The Bertz CT molecular complexity index is 1040. The summed E-state index contributed by atoms with van der Waals surface area (Å²) in [7, 11) is 1.64. The Kier molecular flexibility index (Phi) is 5.88. The highest BCUT2D eigenvalue weighted by Crippen LogP contribution is 2.37. The molecule has 0 bridgehead atoms. The highest BCUT2D eigenvalue weighted by molar-refractivity contribution is 7.13. The number of aliphatic carboxylic acids is 1. The minimum absolute atomic E-state index is 0.216. The summed E-state index contributed by atoms with van der Waals surface area (Å²) in [5, 5.41) is 16.6. The minimum atomic E-state index is -0.915. The second-order valence-electron chi connectivity index (χ2n) is 7.62.